The Labute approximate surface area is 108 Å². The van der Waals surface area contributed by atoms with Crippen molar-refractivity contribution in [3.8, 4) is 0 Å². The first-order valence-corrected chi connectivity index (χ1v) is 7.97. The predicted octanol–water partition coefficient (Wildman–Crippen LogP) is 0.845. The maximum atomic E-state index is 11.5. The van der Waals surface area contributed by atoms with E-state index in [2.05, 4.69) is 0 Å². The fraction of sp³-hybridized carbons (Fsp3) is 0.538. The Morgan fingerprint density at radius 2 is 2.00 bits per heavy atom. The van der Waals surface area contributed by atoms with Gasteiger partial charge in [0.15, 0.2) is 9.84 Å². The number of aliphatic hydroxyl groups excluding tert-OH is 1. The zero-order valence-electron chi connectivity index (χ0n) is 10.5. The minimum atomic E-state index is -2.84. The van der Waals surface area contributed by atoms with E-state index in [1.165, 1.54) is 0 Å². The molecule has 1 aliphatic rings. The van der Waals surface area contributed by atoms with E-state index >= 15 is 0 Å². The number of sulfone groups is 1. The summed E-state index contributed by atoms with van der Waals surface area (Å²) in [6.07, 6.45) is 1.36. The smallest absolute Gasteiger partial charge is 0.152 e. The molecule has 1 aromatic carbocycles. The lowest BCUT2D eigenvalue weighted by molar-refractivity contribution is 0.299. The van der Waals surface area contributed by atoms with Crippen LogP contribution < -0.4 is 4.90 Å². The molecule has 1 N–H and O–H groups in total. The number of nitrogens with zero attached hydrogens (tertiary/aromatic N) is 1. The molecule has 1 heterocycles. The van der Waals surface area contributed by atoms with Crippen molar-refractivity contribution in [2.24, 2.45) is 0 Å². The Kier molecular flexibility index (Phi) is 3.92. The van der Waals surface area contributed by atoms with Gasteiger partial charge in [0.1, 0.15) is 0 Å². The van der Waals surface area contributed by atoms with Crippen LogP contribution >= 0.6 is 0 Å². The summed E-state index contributed by atoms with van der Waals surface area (Å²) >= 11 is 0. The summed E-state index contributed by atoms with van der Waals surface area (Å²) in [4.78, 5) is 2.03. The molecule has 18 heavy (non-hydrogen) atoms. The lowest BCUT2D eigenvalue weighted by atomic mass is 10.1. The molecule has 0 aromatic heterocycles. The zero-order valence-corrected chi connectivity index (χ0v) is 11.4. The average Bonchev–Trinajstić information content (AvgIpc) is 2.70. The lowest BCUT2D eigenvalue weighted by Crippen LogP contribution is -2.32. The van der Waals surface area contributed by atoms with E-state index in [1.54, 1.807) is 0 Å². The molecule has 0 aliphatic carbocycles. The van der Waals surface area contributed by atoms with Crippen molar-refractivity contribution in [2.75, 3.05) is 30.1 Å². The summed E-state index contributed by atoms with van der Waals surface area (Å²) in [6, 6.07) is 8.00. The molecule has 1 saturated heterocycles. The van der Waals surface area contributed by atoms with Gasteiger partial charge >= 0.3 is 0 Å². The summed E-state index contributed by atoms with van der Waals surface area (Å²) in [7, 11) is -0.903. The van der Waals surface area contributed by atoms with Crippen molar-refractivity contribution in [3.05, 3.63) is 29.8 Å². The Morgan fingerprint density at radius 3 is 2.50 bits per heavy atom. The predicted molar refractivity (Wildman–Crippen MR) is 72.7 cm³/mol. The Bertz CT molecular complexity index is 495. The molecule has 0 bridgehead atoms. The third kappa shape index (κ3) is 3.03. The fourth-order valence-electron chi connectivity index (χ4n) is 2.32. The number of aliphatic hydroxyl groups is 1. The Balaban J connectivity index is 2.07. The molecule has 2 rings (SSSR count). The van der Waals surface area contributed by atoms with E-state index < -0.39 is 9.84 Å². The largest absolute Gasteiger partial charge is 0.396 e. The monoisotopic (exact) mass is 269 g/mol. The zero-order chi connectivity index (χ0) is 13.2. The van der Waals surface area contributed by atoms with Crippen LogP contribution in [0.5, 0.6) is 0 Å². The molecular weight excluding hydrogens is 250 g/mol. The molecule has 4 nitrogen and oxygen atoms in total. The molecule has 0 saturated carbocycles. The number of anilines is 1. The lowest BCUT2D eigenvalue weighted by Gasteiger charge is -2.25. The molecule has 1 fully saturated rings. The highest BCUT2D eigenvalue weighted by Gasteiger charge is 2.30. The first-order valence-electron chi connectivity index (χ1n) is 6.15. The van der Waals surface area contributed by atoms with Gasteiger partial charge < -0.3 is 10.0 Å². The topological polar surface area (TPSA) is 57.6 Å². The molecule has 5 heteroatoms. The third-order valence-corrected chi connectivity index (χ3v) is 5.25. The first kappa shape index (κ1) is 13.4. The number of hydrogen-bond acceptors (Lipinski definition) is 4. The van der Waals surface area contributed by atoms with Gasteiger partial charge in [-0.15, -0.1) is 0 Å². The minimum Gasteiger partial charge on any atom is -0.396 e. The summed E-state index contributed by atoms with van der Waals surface area (Å²) in [5.74, 6) is 0.548. The maximum Gasteiger partial charge on any atom is 0.152 e. The van der Waals surface area contributed by atoms with E-state index in [0.717, 1.165) is 11.3 Å². The van der Waals surface area contributed by atoms with Gasteiger partial charge in [0, 0.05) is 25.4 Å². The quantitative estimate of drug-likeness (QED) is 0.880. The van der Waals surface area contributed by atoms with E-state index in [1.807, 2.05) is 36.2 Å². The molecule has 1 aliphatic heterocycles. The van der Waals surface area contributed by atoms with Crippen LogP contribution in [0.25, 0.3) is 0 Å². The highest BCUT2D eigenvalue weighted by molar-refractivity contribution is 7.91. The number of benzene rings is 1. The second-order valence-electron chi connectivity index (χ2n) is 4.81. The standard InChI is InChI=1S/C13H19NO3S/c1-14(13-7-9-18(16,17)10-13)12-4-2-11(3-5-12)6-8-15/h2-5,13,15H,6-10H2,1H3. The summed E-state index contributed by atoms with van der Waals surface area (Å²) in [5, 5.41) is 8.85. The summed E-state index contributed by atoms with van der Waals surface area (Å²) in [5.41, 5.74) is 2.12. The van der Waals surface area contributed by atoms with Crippen molar-refractivity contribution in [3.63, 3.8) is 0 Å². The normalized spacial score (nSPS) is 22.0. The summed E-state index contributed by atoms with van der Waals surface area (Å²) in [6.45, 7) is 0.149. The van der Waals surface area contributed by atoms with Gasteiger partial charge in [0.25, 0.3) is 0 Å². The van der Waals surface area contributed by atoms with Crippen LogP contribution in [0.15, 0.2) is 24.3 Å². The molecule has 1 unspecified atom stereocenters. The van der Waals surface area contributed by atoms with Crippen molar-refractivity contribution in [1.29, 1.82) is 0 Å². The van der Waals surface area contributed by atoms with Gasteiger partial charge in [-0.2, -0.15) is 0 Å². The van der Waals surface area contributed by atoms with E-state index in [0.29, 0.717) is 18.6 Å². The van der Waals surface area contributed by atoms with Crippen molar-refractivity contribution >= 4 is 15.5 Å². The first-order chi connectivity index (χ1) is 8.52. The molecule has 0 radical (unpaired) electrons. The Hall–Kier alpha value is -1.07. The molecule has 100 valence electrons. The number of hydrogen-bond donors (Lipinski definition) is 1. The third-order valence-electron chi connectivity index (χ3n) is 3.50. The van der Waals surface area contributed by atoms with Gasteiger partial charge in [-0.3, -0.25) is 0 Å². The molecule has 1 aromatic rings. The van der Waals surface area contributed by atoms with Crippen molar-refractivity contribution in [1.82, 2.24) is 0 Å². The SMILES string of the molecule is CN(c1ccc(CCO)cc1)C1CCS(=O)(=O)C1. The van der Waals surface area contributed by atoms with Gasteiger partial charge in [0.2, 0.25) is 0 Å². The van der Waals surface area contributed by atoms with Crippen LogP contribution in [-0.2, 0) is 16.3 Å². The minimum absolute atomic E-state index is 0.0821. The van der Waals surface area contributed by atoms with Gasteiger partial charge in [-0.1, -0.05) is 12.1 Å². The van der Waals surface area contributed by atoms with Crippen LogP contribution in [0.1, 0.15) is 12.0 Å². The average molecular weight is 269 g/mol. The maximum absolute atomic E-state index is 11.5. The van der Waals surface area contributed by atoms with Crippen LogP contribution in [0.3, 0.4) is 0 Å². The molecule has 0 amide bonds. The fourth-order valence-corrected chi connectivity index (χ4v) is 4.09. The molecular formula is C13H19NO3S. The van der Waals surface area contributed by atoms with Crippen LogP contribution in [-0.4, -0.2) is 44.7 Å². The highest BCUT2D eigenvalue weighted by atomic mass is 32.2. The molecule has 1 atom stereocenters. The Morgan fingerprint density at radius 1 is 1.33 bits per heavy atom. The van der Waals surface area contributed by atoms with E-state index in [-0.39, 0.29) is 18.4 Å². The van der Waals surface area contributed by atoms with E-state index in [4.69, 9.17) is 5.11 Å². The highest BCUT2D eigenvalue weighted by Crippen LogP contribution is 2.23. The molecule has 0 spiro atoms. The second-order valence-corrected chi connectivity index (χ2v) is 7.04. The van der Waals surface area contributed by atoms with Crippen LogP contribution in [0, 0.1) is 0 Å². The van der Waals surface area contributed by atoms with Crippen LogP contribution in [0.4, 0.5) is 5.69 Å². The second kappa shape index (κ2) is 5.28. The van der Waals surface area contributed by atoms with Gasteiger partial charge in [-0.25, -0.2) is 8.42 Å². The number of rotatable bonds is 4. The van der Waals surface area contributed by atoms with Gasteiger partial charge in [-0.05, 0) is 30.5 Å². The van der Waals surface area contributed by atoms with E-state index in [9.17, 15) is 8.42 Å². The van der Waals surface area contributed by atoms with Crippen molar-refractivity contribution in [2.45, 2.75) is 18.9 Å². The van der Waals surface area contributed by atoms with Gasteiger partial charge in [0.05, 0.1) is 11.5 Å². The summed E-state index contributed by atoms with van der Waals surface area (Å²) < 4.78 is 22.9. The van der Waals surface area contributed by atoms with Crippen molar-refractivity contribution < 1.29 is 13.5 Å². The van der Waals surface area contributed by atoms with Crippen LogP contribution in [0.2, 0.25) is 0 Å².